The highest BCUT2D eigenvalue weighted by atomic mass is 16.7. The van der Waals surface area contributed by atoms with Crippen molar-refractivity contribution in [2.45, 2.75) is 77.2 Å². The van der Waals surface area contributed by atoms with Crippen LogP contribution in [0.3, 0.4) is 0 Å². The lowest BCUT2D eigenvalue weighted by molar-refractivity contribution is -0.384. The van der Waals surface area contributed by atoms with Crippen molar-refractivity contribution in [2.75, 3.05) is 26.3 Å². The number of nitro benzene ring substituents is 1. The summed E-state index contributed by atoms with van der Waals surface area (Å²) in [6.45, 7) is 7.28. The third-order valence-electron chi connectivity index (χ3n) is 6.74. The number of piperidine rings is 1. The van der Waals surface area contributed by atoms with Gasteiger partial charge >= 0.3 is 0 Å². The molecule has 2 aromatic rings. The quantitative estimate of drug-likeness (QED) is 0.293. The summed E-state index contributed by atoms with van der Waals surface area (Å²) in [7, 11) is 0. The average molecular weight is 430 g/mol. The molecule has 2 aliphatic heterocycles. The van der Waals surface area contributed by atoms with Gasteiger partial charge in [0, 0.05) is 62.7 Å². The second kappa shape index (κ2) is 10.1. The molecule has 0 amide bonds. The molecule has 2 aliphatic rings. The molecule has 7 nitrogen and oxygen atoms in total. The number of rotatable bonds is 10. The number of aryl methyl sites for hydroxylation is 1. The molecule has 7 heteroatoms. The molecule has 0 unspecified atom stereocenters. The Morgan fingerprint density at radius 2 is 1.77 bits per heavy atom. The fourth-order valence-electron chi connectivity index (χ4n) is 4.92. The van der Waals surface area contributed by atoms with Gasteiger partial charge in [0.15, 0.2) is 5.79 Å². The van der Waals surface area contributed by atoms with Gasteiger partial charge < -0.3 is 14.0 Å². The highest BCUT2D eigenvalue weighted by molar-refractivity contribution is 5.86. The fourth-order valence-corrected chi connectivity index (χ4v) is 4.92. The van der Waals surface area contributed by atoms with Gasteiger partial charge in [-0.25, -0.2) is 0 Å². The number of benzene rings is 1. The van der Waals surface area contributed by atoms with Crippen molar-refractivity contribution < 1.29 is 14.4 Å². The van der Waals surface area contributed by atoms with E-state index in [-0.39, 0.29) is 16.4 Å². The van der Waals surface area contributed by atoms with Crippen LogP contribution in [0.1, 0.15) is 63.9 Å². The van der Waals surface area contributed by atoms with Gasteiger partial charge in [-0.1, -0.05) is 39.0 Å². The number of nitrogens with zero attached hydrogens (tertiary/aromatic N) is 3. The van der Waals surface area contributed by atoms with Crippen molar-refractivity contribution in [2.24, 2.45) is 0 Å². The molecule has 0 atom stereocenters. The monoisotopic (exact) mass is 429 g/mol. The van der Waals surface area contributed by atoms with Crippen molar-refractivity contribution in [3.63, 3.8) is 0 Å². The van der Waals surface area contributed by atoms with E-state index in [1.807, 2.05) is 6.07 Å². The maximum atomic E-state index is 11.3. The van der Waals surface area contributed by atoms with E-state index < -0.39 is 0 Å². The zero-order chi connectivity index (χ0) is 21.7. The summed E-state index contributed by atoms with van der Waals surface area (Å²) in [4.78, 5) is 13.5. The topological polar surface area (TPSA) is 69.8 Å². The molecule has 170 valence electrons. The number of unbranched alkanes of at least 4 members (excludes halogenated alkanes) is 5. The van der Waals surface area contributed by atoms with Crippen LogP contribution < -0.4 is 0 Å². The molecular formula is C24H35N3O4. The van der Waals surface area contributed by atoms with Gasteiger partial charge in [-0.15, -0.1) is 0 Å². The Morgan fingerprint density at radius 1 is 1.06 bits per heavy atom. The molecule has 0 radical (unpaired) electrons. The molecule has 0 bridgehead atoms. The molecular weight excluding hydrogens is 394 g/mol. The van der Waals surface area contributed by atoms with Crippen LogP contribution in [0.15, 0.2) is 24.4 Å². The van der Waals surface area contributed by atoms with Crippen molar-refractivity contribution in [3.8, 4) is 0 Å². The number of likely N-dealkylation sites (tertiary alicyclic amines) is 1. The van der Waals surface area contributed by atoms with Crippen molar-refractivity contribution >= 4 is 16.6 Å². The number of ether oxygens (including phenoxy) is 2. The summed E-state index contributed by atoms with van der Waals surface area (Å²) >= 11 is 0. The number of nitro groups is 1. The molecule has 0 saturated carbocycles. The van der Waals surface area contributed by atoms with E-state index in [0.717, 1.165) is 56.3 Å². The lowest BCUT2D eigenvalue weighted by atomic mass is 10.0. The minimum absolute atomic E-state index is 0.164. The predicted molar refractivity (Wildman–Crippen MR) is 121 cm³/mol. The Hall–Kier alpha value is -1.96. The maximum Gasteiger partial charge on any atom is 0.271 e. The Morgan fingerprint density at radius 3 is 2.48 bits per heavy atom. The van der Waals surface area contributed by atoms with Gasteiger partial charge in [0.1, 0.15) is 0 Å². The summed E-state index contributed by atoms with van der Waals surface area (Å²) in [5.74, 6) is -0.358. The second-order valence-electron chi connectivity index (χ2n) is 8.96. The third-order valence-corrected chi connectivity index (χ3v) is 6.74. The van der Waals surface area contributed by atoms with Gasteiger partial charge in [0.2, 0.25) is 0 Å². The zero-order valence-corrected chi connectivity index (χ0v) is 18.7. The van der Waals surface area contributed by atoms with Crippen LogP contribution in [0.5, 0.6) is 0 Å². The lowest BCUT2D eigenvalue weighted by Crippen LogP contribution is -2.44. The van der Waals surface area contributed by atoms with Crippen LogP contribution in [-0.2, 0) is 22.6 Å². The highest BCUT2D eigenvalue weighted by Crippen LogP contribution is 2.33. The van der Waals surface area contributed by atoms with E-state index in [0.29, 0.717) is 13.2 Å². The first-order valence-electron chi connectivity index (χ1n) is 11.9. The molecule has 31 heavy (non-hydrogen) atoms. The molecule has 1 aromatic heterocycles. The van der Waals surface area contributed by atoms with Gasteiger partial charge in [0.25, 0.3) is 5.69 Å². The Bertz CT molecular complexity index is 878. The van der Waals surface area contributed by atoms with Gasteiger partial charge in [-0.05, 0) is 18.1 Å². The van der Waals surface area contributed by atoms with Crippen LogP contribution in [0.4, 0.5) is 5.69 Å². The summed E-state index contributed by atoms with van der Waals surface area (Å²) in [5, 5.41) is 12.5. The van der Waals surface area contributed by atoms with Crippen LogP contribution >= 0.6 is 0 Å². The third kappa shape index (κ3) is 5.27. The standard InChI is InChI=1S/C24H35N3O4/c1-2-3-4-5-6-7-12-26-19-20(22-9-8-21(27(28)29)17-23(22)26)18-25-13-10-24(11-14-25)30-15-16-31-24/h8-9,17,19H,2-7,10-16,18H2,1H3. The Labute approximate surface area is 184 Å². The highest BCUT2D eigenvalue weighted by Gasteiger charge is 2.39. The van der Waals surface area contributed by atoms with Crippen LogP contribution in [0.25, 0.3) is 10.9 Å². The Kier molecular flexibility index (Phi) is 7.25. The predicted octanol–water partition coefficient (Wildman–Crippen LogP) is 5.25. The largest absolute Gasteiger partial charge is 0.347 e. The van der Waals surface area contributed by atoms with Gasteiger partial charge in [0.05, 0.1) is 23.7 Å². The average Bonchev–Trinajstić information content (AvgIpc) is 3.37. The maximum absolute atomic E-state index is 11.3. The summed E-state index contributed by atoms with van der Waals surface area (Å²) in [5.41, 5.74) is 2.39. The number of hydrogen-bond acceptors (Lipinski definition) is 5. The smallest absolute Gasteiger partial charge is 0.271 e. The van der Waals surface area contributed by atoms with E-state index in [9.17, 15) is 10.1 Å². The summed E-state index contributed by atoms with van der Waals surface area (Å²) < 4.78 is 13.9. The normalized spacial score (nSPS) is 18.9. The number of hydrogen-bond donors (Lipinski definition) is 0. The molecule has 0 N–H and O–H groups in total. The first kappa shape index (κ1) is 22.2. The first-order valence-corrected chi connectivity index (χ1v) is 11.9. The summed E-state index contributed by atoms with van der Waals surface area (Å²) in [6.07, 6.45) is 11.4. The number of aromatic nitrogens is 1. The molecule has 1 spiro atoms. The lowest BCUT2D eigenvalue weighted by Gasteiger charge is -2.37. The van der Waals surface area contributed by atoms with Crippen LogP contribution in [-0.4, -0.2) is 46.5 Å². The minimum atomic E-state index is -0.358. The minimum Gasteiger partial charge on any atom is -0.347 e. The number of non-ortho nitro benzene ring substituents is 1. The van der Waals surface area contributed by atoms with E-state index >= 15 is 0 Å². The van der Waals surface area contributed by atoms with Crippen molar-refractivity contribution in [1.29, 1.82) is 0 Å². The number of fused-ring (bicyclic) bond motifs is 1. The molecule has 1 aromatic carbocycles. The van der Waals surface area contributed by atoms with Crippen molar-refractivity contribution in [1.82, 2.24) is 9.47 Å². The Balaban J connectivity index is 1.45. The van der Waals surface area contributed by atoms with E-state index in [2.05, 4.69) is 22.6 Å². The molecule has 2 fully saturated rings. The molecule has 4 rings (SSSR count). The SMILES string of the molecule is CCCCCCCCn1cc(CN2CCC3(CC2)OCCO3)c2ccc([N+](=O)[O-])cc21. The molecule has 2 saturated heterocycles. The zero-order valence-electron chi connectivity index (χ0n) is 18.7. The summed E-state index contributed by atoms with van der Waals surface area (Å²) in [6, 6.07) is 5.29. The van der Waals surface area contributed by atoms with Gasteiger partial charge in [-0.2, -0.15) is 0 Å². The van der Waals surface area contributed by atoms with Crippen LogP contribution in [0.2, 0.25) is 0 Å². The van der Waals surface area contributed by atoms with Crippen LogP contribution in [0, 0.1) is 10.1 Å². The van der Waals surface area contributed by atoms with E-state index in [4.69, 9.17) is 9.47 Å². The van der Waals surface area contributed by atoms with Crippen molar-refractivity contribution in [3.05, 3.63) is 40.1 Å². The fraction of sp³-hybridized carbons (Fsp3) is 0.667. The van der Waals surface area contributed by atoms with E-state index in [1.165, 1.54) is 37.7 Å². The van der Waals surface area contributed by atoms with Gasteiger partial charge in [-0.3, -0.25) is 15.0 Å². The first-order chi connectivity index (χ1) is 15.1. The van der Waals surface area contributed by atoms with E-state index in [1.54, 1.807) is 12.1 Å². The molecule has 0 aliphatic carbocycles. The second-order valence-corrected chi connectivity index (χ2v) is 8.96. The molecule has 3 heterocycles.